The Bertz CT molecular complexity index is 384. The molecule has 0 aromatic heterocycles. The third kappa shape index (κ3) is 1.04. The molecule has 0 radical (unpaired) electrons. The number of benzene rings is 1. The minimum atomic E-state index is 0.0277. The van der Waals surface area contributed by atoms with Gasteiger partial charge >= 0.3 is 0 Å². The molecule has 14 heavy (non-hydrogen) atoms. The fraction of sp³-hybridized carbons (Fsp3) is 0.417. The summed E-state index contributed by atoms with van der Waals surface area (Å²) in [5.41, 5.74) is 2.53. The molecule has 0 N–H and O–H groups in total. The molecule has 0 amide bonds. The van der Waals surface area contributed by atoms with Gasteiger partial charge < -0.3 is 4.74 Å². The molecule has 0 bridgehead atoms. The summed E-state index contributed by atoms with van der Waals surface area (Å²) in [4.78, 5) is 11.6. The second-order valence-electron chi connectivity index (χ2n) is 4.03. The van der Waals surface area contributed by atoms with Crippen LogP contribution in [0.5, 0.6) is 0 Å². The molecule has 1 aromatic rings. The van der Waals surface area contributed by atoms with Crippen LogP contribution in [0, 0.1) is 0 Å². The second kappa shape index (κ2) is 2.92. The Morgan fingerprint density at radius 2 is 2.14 bits per heavy atom. The average Bonchev–Trinajstić information content (AvgIpc) is 2.61. The number of Topliss-reactive ketones (excluding diaryl/α,β-unsaturated/α-hetero) is 1. The first kappa shape index (κ1) is 8.18. The van der Waals surface area contributed by atoms with Crippen LogP contribution in [0.4, 0.5) is 0 Å². The lowest BCUT2D eigenvalue weighted by atomic mass is 9.80. The molecule has 1 fully saturated rings. The summed E-state index contributed by atoms with van der Waals surface area (Å²) in [5, 5.41) is 0. The standard InChI is InChI=1S/C12H12O2/c13-10-7-14-11-6-5-8-3-1-2-4-9(8)12(10)11/h1-4,11-12H,5-7H2. The van der Waals surface area contributed by atoms with Gasteiger partial charge in [0.1, 0.15) is 6.61 Å². The van der Waals surface area contributed by atoms with Gasteiger partial charge in [0.15, 0.2) is 5.78 Å². The van der Waals surface area contributed by atoms with Crippen LogP contribution in [0.25, 0.3) is 0 Å². The van der Waals surface area contributed by atoms with Crippen molar-refractivity contribution in [1.29, 1.82) is 0 Å². The number of carbonyl (C=O) groups excluding carboxylic acids is 1. The molecule has 2 nitrogen and oxygen atoms in total. The molecule has 3 rings (SSSR count). The third-order valence-corrected chi connectivity index (χ3v) is 3.25. The van der Waals surface area contributed by atoms with Crippen molar-refractivity contribution in [3.63, 3.8) is 0 Å². The van der Waals surface area contributed by atoms with Gasteiger partial charge in [-0.15, -0.1) is 0 Å². The summed E-state index contributed by atoms with van der Waals surface area (Å²) in [5.74, 6) is 0.280. The molecule has 72 valence electrons. The van der Waals surface area contributed by atoms with E-state index in [4.69, 9.17) is 4.74 Å². The molecular weight excluding hydrogens is 176 g/mol. The molecule has 1 heterocycles. The van der Waals surface area contributed by atoms with Gasteiger partial charge in [-0.2, -0.15) is 0 Å². The highest BCUT2D eigenvalue weighted by molar-refractivity contribution is 5.89. The summed E-state index contributed by atoms with van der Waals surface area (Å²) >= 11 is 0. The van der Waals surface area contributed by atoms with Crippen molar-refractivity contribution in [1.82, 2.24) is 0 Å². The predicted octanol–water partition coefficient (Wildman–Crippen LogP) is 1.68. The number of hydrogen-bond acceptors (Lipinski definition) is 2. The van der Waals surface area contributed by atoms with E-state index in [2.05, 4.69) is 12.1 Å². The summed E-state index contributed by atoms with van der Waals surface area (Å²) in [6.07, 6.45) is 2.19. The first-order chi connectivity index (χ1) is 6.86. The zero-order valence-electron chi connectivity index (χ0n) is 7.90. The van der Waals surface area contributed by atoms with Gasteiger partial charge in [0, 0.05) is 0 Å². The van der Waals surface area contributed by atoms with Gasteiger partial charge in [-0.3, -0.25) is 4.79 Å². The normalized spacial score (nSPS) is 29.9. The van der Waals surface area contributed by atoms with Crippen LogP contribution in [0.3, 0.4) is 0 Å². The van der Waals surface area contributed by atoms with E-state index < -0.39 is 0 Å². The Kier molecular flexibility index (Phi) is 1.71. The molecule has 2 aliphatic rings. The van der Waals surface area contributed by atoms with Crippen molar-refractivity contribution in [2.75, 3.05) is 6.61 Å². The van der Waals surface area contributed by atoms with Crippen LogP contribution in [0.1, 0.15) is 23.5 Å². The Hall–Kier alpha value is -1.15. The number of hydrogen-bond donors (Lipinski definition) is 0. The van der Waals surface area contributed by atoms with Crippen molar-refractivity contribution < 1.29 is 9.53 Å². The lowest BCUT2D eigenvalue weighted by molar-refractivity contribution is -0.118. The predicted molar refractivity (Wildman–Crippen MR) is 52.3 cm³/mol. The fourth-order valence-corrected chi connectivity index (χ4v) is 2.57. The van der Waals surface area contributed by atoms with E-state index in [1.807, 2.05) is 12.1 Å². The van der Waals surface area contributed by atoms with Crippen molar-refractivity contribution >= 4 is 5.78 Å². The van der Waals surface area contributed by atoms with E-state index in [1.165, 1.54) is 11.1 Å². The minimum absolute atomic E-state index is 0.0277. The molecule has 1 aliphatic carbocycles. The van der Waals surface area contributed by atoms with Crippen molar-refractivity contribution in [3.05, 3.63) is 35.4 Å². The van der Waals surface area contributed by atoms with E-state index in [0.717, 1.165) is 12.8 Å². The highest BCUT2D eigenvalue weighted by Crippen LogP contribution is 2.37. The Morgan fingerprint density at radius 3 is 3.07 bits per heavy atom. The first-order valence-electron chi connectivity index (χ1n) is 5.08. The van der Waals surface area contributed by atoms with E-state index in [1.54, 1.807) is 0 Å². The van der Waals surface area contributed by atoms with Crippen LogP contribution >= 0.6 is 0 Å². The van der Waals surface area contributed by atoms with E-state index >= 15 is 0 Å². The minimum Gasteiger partial charge on any atom is -0.369 e. The summed E-state index contributed by atoms with van der Waals surface area (Å²) in [7, 11) is 0. The van der Waals surface area contributed by atoms with E-state index in [-0.39, 0.29) is 17.8 Å². The molecule has 2 atom stereocenters. The quantitative estimate of drug-likeness (QED) is 0.619. The van der Waals surface area contributed by atoms with Gasteiger partial charge in [0.05, 0.1) is 12.0 Å². The van der Waals surface area contributed by atoms with Crippen LogP contribution in [-0.4, -0.2) is 18.5 Å². The largest absolute Gasteiger partial charge is 0.369 e. The Morgan fingerprint density at radius 1 is 1.29 bits per heavy atom. The third-order valence-electron chi connectivity index (χ3n) is 3.25. The monoisotopic (exact) mass is 188 g/mol. The first-order valence-corrected chi connectivity index (χ1v) is 5.08. The summed E-state index contributed by atoms with van der Waals surface area (Å²) in [6.45, 7) is 0.309. The number of rotatable bonds is 0. The maximum absolute atomic E-state index is 11.6. The maximum Gasteiger partial charge on any atom is 0.168 e. The van der Waals surface area contributed by atoms with Crippen LogP contribution < -0.4 is 0 Å². The Balaban J connectivity index is 2.11. The summed E-state index contributed by atoms with van der Waals surface area (Å²) in [6, 6.07) is 8.24. The average molecular weight is 188 g/mol. The van der Waals surface area contributed by atoms with Gasteiger partial charge in [0.2, 0.25) is 0 Å². The van der Waals surface area contributed by atoms with Crippen molar-refractivity contribution in [2.45, 2.75) is 24.9 Å². The van der Waals surface area contributed by atoms with Gasteiger partial charge in [-0.05, 0) is 24.0 Å². The van der Waals surface area contributed by atoms with Crippen molar-refractivity contribution in [2.24, 2.45) is 0 Å². The number of fused-ring (bicyclic) bond motifs is 3. The summed E-state index contributed by atoms with van der Waals surface area (Å²) < 4.78 is 5.48. The van der Waals surface area contributed by atoms with Crippen LogP contribution in [0.2, 0.25) is 0 Å². The Labute approximate surface area is 82.9 Å². The number of carbonyl (C=O) groups is 1. The van der Waals surface area contributed by atoms with Crippen LogP contribution in [-0.2, 0) is 16.0 Å². The van der Waals surface area contributed by atoms with E-state index in [9.17, 15) is 4.79 Å². The number of aryl methyl sites for hydroxylation is 1. The van der Waals surface area contributed by atoms with Gasteiger partial charge in [-0.25, -0.2) is 0 Å². The van der Waals surface area contributed by atoms with Gasteiger partial charge in [0.25, 0.3) is 0 Å². The van der Waals surface area contributed by atoms with Crippen LogP contribution in [0.15, 0.2) is 24.3 Å². The van der Waals surface area contributed by atoms with Crippen molar-refractivity contribution in [3.8, 4) is 0 Å². The zero-order chi connectivity index (χ0) is 9.54. The van der Waals surface area contributed by atoms with Gasteiger partial charge in [-0.1, -0.05) is 24.3 Å². The molecule has 1 saturated heterocycles. The molecule has 2 unspecified atom stereocenters. The van der Waals surface area contributed by atoms with E-state index in [0.29, 0.717) is 6.61 Å². The molecular formula is C12H12O2. The lowest BCUT2D eigenvalue weighted by Gasteiger charge is -2.25. The maximum atomic E-state index is 11.6. The highest BCUT2D eigenvalue weighted by Gasteiger charge is 2.40. The molecule has 2 heteroatoms. The number of ether oxygens (including phenoxy) is 1. The fourth-order valence-electron chi connectivity index (χ4n) is 2.57. The lowest BCUT2D eigenvalue weighted by Crippen LogP contribution is -2.24. The highest BCUT2D eigenvalue weighted by atomic mass is 16.5. The zero-order valence-corrected chi connectivity index (χ0v) is 7.90. The SMILES string of the molecule is O=C1COC2CCc3ccccc3C12. The number of ketones is 1. The molecule has 0 saturated carbocycles. The molecule has 0 spiro atoms. The molecule has 1 aliphatic heterocycles. The second-order valence-corrected chi connectivity index (χ2v) is 4.03. The smallest absolute Gasteiger partial charge is 0.168 e. The topological polar surface area (TPSA) is 26.3 Å². The molecule has 1 aromatic carbocycles.